The topological polar surface area (TPSA) is 110 Å². The number of carboxylic acids is 1. The van der Waals surface area contributed by atoms with E-state index in [1.54, 1.807) is 31.2 Å². The molecule has 8 heteroatoms. The molecule has 0 saturated carbocycles. The molecule has 8 nitrogen and oxygen atoms in total. The van der Waals surface area contributed by atoms with E-state index in [4.69, 9.17) is 19.0 Å². The Morgan fingerprint density at radius 3 is 2.75 bits per heavy atom. The maximum Gasteiger partial charge on any atom is 0.341 e. The van der Waals surface area contributed by atoms with Crippen LogP contribution in [-0.4, -0.2) is 36.9 Å². The molecule has 0 spiro atoms. The summed E-state index contributed by atoms with van der Waals surface area (Å²) in [5.74, 6) is -0.607. The molecule has 0 unspecified atom stereocenters. The van der Waals surface area contributed by atoms with E-state index in [1.807, 2.05) is 18.2 Å². The molecule has 0 fully saturated rings. The zero-order valence-corrected chi connectivity index (χ0v) is 15.3. The number of para-hydroxylation sites is 1. The Bertz CT molecular complexity index is 1050. The van der Waals surface area contributed by atoms with Crippen LogP contribution in [0.25, 0.3) is 11.0 Å². The number of carbonyl (C=O) groups is 2. The maximum atomic E-state index is 12.4. The molecule has 3 rings (SSSR count). The summed E-state index contributed by atoms with van der Waals surface area (Å²) in [7, 11) is 1.50. The number of ether oxygens (including phenoxy) is 2. The number of fused-ring (bicyclic) bond motifs is 1. The largest absolute Gasteiger partial charge is 0.497 e. The standard InChI is InChI=1S/C20H18N2O6/c1-12-15-5-3-4-6-17(15)28-19(12)20(25)22-21-10-13-9-14(26-2)7-8-16(13)27-11-18(23)24/h3-10H,11H2,1-2H3,(H,22,25)(H,23,24)/b21-10+. The van der Waals surface area contributed by atoms with Crippen molar-refractivity contribution in [1.29, 1.82) is 0 Å². The van der Waals surface area contributed by atoms with Gasteiger partial charge in [-0.15, -0.1) is 0 Å². The number of benzene rings is 2. The van der Waals surface area contributed by atoms with Gasteiger partial charge < -0.3 is 19.0 Å². The number of carbonyl (C=O) groups excluding carboxylic acids is 1. The number of furan rings is 1. The Morgan fingerprint density at radius 2 is 2.04 bits per heavy atom. The lowest BCUT2D eigenvalue weighted by atomic mass is 10.1. The highest BCUT2D eigenvalue weighted by Crippen LogP contribution is 2.25. The summed E-state index contributed by atoms with van der Waals surface area (Å²) in [5, 5.41) is 13.6. The van der Waals surface area contributed by atoms with Crippen LogP contribution in [0, 0.1) is 6.92 Å². The second kappa shape index (κ2) is 8.26. The van der Waals surface area contributed by atoms with Crippen molar-refractivity contribution in [2.24, 2.45) is 5.10 Å². The quantitative estimate of drug-likeness (QED) is 0.480. The predicted molar refractivity (Wildman–Crippen MR) is 102 cm³/mol. The molecule has 0 aliphatic heterocycles. The van der Waals surface area contributed by atoms with Crippen molar-refractivity contribution >= 4 is 29.1 Å². The van der Waals surface area contributed by atoms with Crippen LogP contribution in [0.1, 0.15) is 21.7 Å². The first-order valence-corrected chi connectivity index (χ1v) is 8.33. The zero-order valence-electron chi connectivity index (χ0n) is 15.3. The van der Waals surface area contributed by atoms with E-state index in [9.17, 15) is 9.59 Å². The van der Waals surface area contributed by atoms with E-state index < -0.39 is 18.5 Å². The molecule has 0 radical (unpaired) electrons. The number of nitrogens with zero attached hydrogens (tertiary/aromatic N) is 1. The maximum absolute atomic E-state index is 12.4. The van der Waals surface area contributed by atoms with E-state index in [-0.39, 0.29) is 5.76 Å². The van der Waals surface area contributed by atoms with Crippen LogP contribution in [0.5, 0.6) is 11.5 Å². The molecule has 3 aromatic rings. The lowest BCUT2D eigenvalue weighted by Crippen LogP contribution is -2.18. The van der Waals surface area contributed by atoms with Gasteiger partial charge in [-0.2, -0.15) is 5.10 Å². The molecule has 28 heavy (non-hydrogen) atoms. The Hall–Kier alpha value is -3.81. The average Bonchev–Trinajstić information content (AvgIpc) is 3.03. The van der Waals surface area contributed by atoms with Crippen molar-refractivity contribution in [1.82, 2.24) is 5.43 Å². The summed E-state index contributed by atoms with van der Waals surface area (Å²) in [5.41, 5.74) is 4.18. The summed E-state index contributed by atoms with van der Waals surface area (Å²) < 4.78 is 16.0. The number of aliphatic carboxylic acids is 1. The molecule has 2 aromatic carbocycles. The first-order chi connectivity index (χ1) is 13.5. The molecule has 1 aromatic heterocycles. The Morgan fingerprint density at radius 1 is 1.25 bits per heavy atom. The van der Waals surface area contributed by atoms with E-state index in [0.29, 0.717) is 22.6 Å². The van der Waals surface area contributed by atoms with Crippen LogP contribution >= 0.6 is 0 Å². The van der Waals surface area contributed by atoms with E-state index in [1.165, 1.54) is 13.3 Å². The van der Waals surface area contributed by atoms with Crippen LogP contribution in [-0.2, 0) is 4.79 Å². The number of hydrogen-bond donors (Lipinski definition) is 2. The van der Waals surface area contributed by atoms with Crippen molar-refractivity contribution in [3.8, 4) is 11.5 Å². The summed E-state index contributed by atoms with van der Waals surface area (Å²) in [6, 6.07) is 12.2. The molecule has 1 heterocycles. The summed E-state index contributed by atoms with van der Waals surface area (Å²) in [4.78, 5) is 23.1. The van der Waals surface area contributed by atoms with Gasteiger partial charge >= 0.3 is 11.9 Å². The third-order valence-electron chi connectivity index (χ3n) is 3.99. The number of amides is 1. The minimum absolute atomic E-state index is 0.173. The fourth-order valence-corrected chi connectivity index (χ4v) is 2.63. The molecular weight excluding hydrogens is 364 g/mol. The number of rotatable bonds is 7. The van der Waals surface area contributed by atoms with Crippen molar-refractivity contribution in [3.63, 3.8) is 0 Å². The van der Waals surface area contributed by atoms with Gasteiger partial charge in [0.15, 0.2) is 12.4 Å². The first kappa shape index (κ1) is 19.0. The fourth-order valence-electron chi connectivity index (χ4n) is 2.63. The van der Waals surface area contributed by atoms with Gasteiger partial charge in [0.1, 0.15) is 17.1 Å². The highest BCUT2D eigenvalue weighted by atomic mass is 16.5. The number of methoxy groups -OCH3 is 1. The number of carboxylic acid groups (broad SMARTS) is 1. The highest BCUT2D eigenvalue weighted by Gasteiger charge is 2.16. The molecule has 0 aliphatic rings. The summed E-state index contributed by atoms with van der Waals surface area (Å²) in [6.07, 6.45) is 1.34. The van der Waals surface area contributed by atoms with Gasteiger partial charge in [0, 0.05) is 16.5 Å². The average molecular weight is 382 g/mol. The Balaban J connectivity index is 1.78. The van der Waals surface area contributed by atoms with Gasteiger partial charge in [-0.25, -0.2) is 10.2 Å². The van der Waals surface area contributed by atoms with E-state index in [2.05, 4.69) is 10.5 Å². The fraction of sp³-hybridized carbons (Fsp3) is 0.150. The van der Waals surface area contributed by atoms with Crippen LogP contribution in [0.15, 0.2) is 52.0 Å². The normalized spacial score (nSPS) is 10.9. The smallest absolute Gasteiger partial charge is 0.341 e. The van der Waals surface area contributed by atoms with Gasteiger partial charge in [0.25, 0.3) is 0 Å². The molecule has 0 saturated heterocycles. The number of hydrazone groups is 1. The Labute approximate surface area is 160 Å². The van der Waals surface area contributed by atoms with Crippen LogP contribution < -0.4 is 14.9 Å². The second-order valence-corrected chi connectivity index (χ2v) is 5.84. The van der Waals surface area contributed by atoms with Gasteiger partial charge in [-0.05, 0) is 31.2 Å². The first-order valence-electron chi connectivity index (χ1n) is 8.33. The van der Waals surface area contributed by atoms with Gasteiger partial charge in [0.05, 0.1) is 13.3 Å². The second-order valence-electron chi connectivity index (χ2n) is 5.84. The Kier molecular flexibility index (Phi) is 5.59. The highest BCUT2D eigenvalue weighted by molar-refractivity contribution is 5.99. The van der Waals surface area contributed by atoms with Crippen LogP contribution in [0.4, 0.5) is 0 Å². The summed E-state index contributed by atoms with van der Waals surface area (Å²) in [6.45, 7) is 1.29. The van der Waals surface area contributed by atoms with E-state index in [0.717, 1.165) is 10.9 Å². The molecular formula is C20H18N2O6. The van der Waals surface area contributed by atoms with E-state index >= 15 is 0 Å². The number of nitrogens with one attached hydrogen (secondary N) is 1. The van der Waals surface area contributed by atoms with Gasteiger partial charge in [0.2, 0.25) is 0 Å². The molecule has 0 atom stereocenters. The van der Waals surface area contributed by atoms with Crippen molar-refractivity contribution in [2.75, 3.05) is 13.7 Å². The SMILES string of the molecule is COc1ccc(OCC(=O)O)c(/C=N/NC(=O)c2oc3ccccc3c2C)c1. The van der Waals surface area contributed by atoms with Crippen molar-refractivity contribution in [2.45, 2.75) is 6.92 Å². The predicted octanol–water partition coefficient (Wildman–Crippen LogP) is 2.98. The summed E-state index contributed by atoms with van der Waals surface area (Å²) >= 11 is 0. The zero-order chi connectivity index (χ0) is 20.1. The lowest BCUT2D eigenvalue weighted by molar-refractivity contribution is -0.139. The molecule has 1 amide bonds. The third-order valence-corrected chi connectivity index (χ3v) is 3.99. The molecule has 2 N–H and O–H groups in total. The molecule has 0 bridgehead atoms. The minimum Gasteiger partial charge on any atom is -0.497 e. The monoisotopic (exact) mass is 382 g/mol. The van der Waals surface area contributed by atoms with Crippen LogP contribution in [0.2, 0.25) is 0 Å². The minimum atomic E-state index is -1.10. The number of aryl methyl sites for hydroxylation is 1. The third kappa shape index (κ3) is 4.12. The number of hydrogen-bond acceptors (Lipinski definition) is 6. The van der Waals surface area contributed by atoms with Gasteiger partial charge in [-0.3, -0.25) is 4.79 Å². The van der Waals surface area contributed by atoms with Gasteiger partial charge in [-0.1, -0.05) is 18.2 Å². The lowest BCUT2D eigenvalue weighted by Gasteiger charge is -2.08. The molecule has 144 valence electrons. The van der Waals surface area contributed by atoms with Crippen molar-refractivity contribution in [3.05, 3.63) is 59.4 Å². The van der Waals surface area contributed by atoms with Crippen molar-refractivity contribution < 1.29 is 28.6 Å². The van der Waals surface area contributed by atoms with Crippen LogP contribution in [0.3, 0.4) is 0 Å². The molecule has 0 aliphatic carbocycles.